The first-order valence-electron chi connectivity index (χ1n) is 3.43. The van der Waals surface area contributed by atoms with Gasteiger partial charge in [-0.3, -0.25) is 4.79 Å². The Balaban J connectivity index is 3.16. The second-order valence-corrected chi connectivity index (χ2v) is 2.34. The zero-order valence-electron chi connectivity index (χ0n) is 6.88. The monoisotopic (exact) mass is 225 g/mol. The first kappa shape index (κ1) is 11.2. The molecule has 0 bridgehead atoms. The van der Waals surface area contributed by atoms with Gasteiger partial charge in [0.05, 0.1) is 11.8 Å². The Bertz CT molecular complexity index is 391. The first-order valence-corrected chi connectivity index (χ1v) is 3.43. The molecule has 0 unspecified atom stereocenters. The average molecular weight is 225 g/mol. The SMILES string of the molecule is O=Cc1c(O)cnc(OC(F)(F)F)c1F. The summed E-state index contributed by atoms with van der Waals surface area (Å²) in [6.07, 6.45) is -4.78. The van der Waals surface area contributed by atoms with Crippen molar-refractivity contribution in [2.24, 2.45) is 0 Å². The molecule has 0 saturated heterocycles. The van der Waals surface area contributed by atoms with E-state index in [2.05, 4.69) is 9.72 Å². The van der Waals surface area contributed by atoms with Crippen LogP contribution in [-0.4, -0.2) is 22.7 Å². The molecular weight excluding hydrogens is 222 g/mol. The standard InChI is InChI=1S/C7H3F4NO3/c8-5-3(2-13)4(14)1-12-6(5)15-7(9,10)11/h1-2,14H. The highest BCUT2D eigenvalue weighted by Gasteiger charge is 2.34. The Hall–Kier alpha value is -1.86. The van der Waals surface area contributed by atoms with Gasteiger partial charge in [-0.2, -0.15) is 0 Å². The van der Waals surface area contributed by atoms with Gasteiger partial charge in [0.15, 0.2) is 12.1 Å². The van der Waals surface area contributed by atoms with Crippen molar-refractivity contribution in [3.05, 3.63) is 17.6 Å². The van der Waals surface area contributed by atoms with Crippen LogP contribution in [-0.2, 0) is 0 Å². The van der Waals surface area contributed by atoms with Crippen molar-refractivity contribution < 1.29 is 32.2 Å². The van der Waals surface area contributed by atoms with Crippen LogP contribution in [0.4, 0.5) is 17.6 Å². The fraction of sp³-hybridized carbons (Fsp3) is 0.143. The molecule has 1 rings (SSSR count). The molecule has 0 aliphatic heterocycles. The largest absolute Gasteiger partial charge is 0.574 e. The lowest BCUT2D eigenvalue weighted by atomic mass is 10.2. The molecule has 0 spiro atoms. The fourth-order valence-electron chi connectivity index (χ4n) is 0.767. The second kappa shape index (κ2) is 3.71. The number of nitrogens with zero attached hydrogens (tertiary/aromatic N) is 1. The Morgan fingerprint density at radius 2 is 2.07 bits per heavy atom. The predicted molar refractivity (Wildman–Crippen MR) is 37.9 cm³/mol. The average Bonchev–Trinajstić information content (AvgIpc) is 2.09. The van der Waals surface area contributed by atoms with Gasteiger partial charge in [-0.1, -0.05) is 0 Å². The molecule has 1 aromatic heterocycles. The number of aromatic nitrogens is 1. The number of pyridine rings is 1. The molecule has 0 amide bonds. The van der Waals surface area contributed by atoms with E-state index in [-0.39, 0.29) is 6.29 Å². The van der Waals surface area contributed by atoms with Crippen LogP contribution >= 0.6 is 0 Å². The van der Waals surface area contributed by atoms with Gasteiger partial charge < -0.3 is 9.84 Å². The minimum absolute atomic E-state index is 0.143. The van der Waals surface area contributed by atoms with Gasteiger partial charge in [0.2, 0.25) is 0 Å². The molecule has 0 atom stereocenters. The molecule has 0 fully saturated rings. The van der Waals surface area contributed by atoms with E-state index in [1.807, 2.05) is 0 Å². The van der Waals surface area contributed by atoms with E-state index < -0.39 is 29.4 Å². The summed E-state index contributed by atoms with van der Waals surface area (Å²) in [5.74, 6) is -3.94. The quantitative estimate of drug-likeness (QED) is 0.613. The van der Waals surface area contributed by atoms with Crippen LogP contribution in [0.25, 0.3) is 0 Å². The predicted octanol–water partition coefficient (Wildman–Crippen LogP) is 1.64. The van der Waals surface area contributed by atoms with E-state index in [0.717, 1.165) is 0 Å². The van der Waals surface area contributed by atoms with Crippen LogP contribution in [0.5, 0.6) is 11.6 Å². The number of aromatic hydroxyl groups is 1. The molecule has 4 nitrogen and oxygen atoms in total. The van der Waals surface area contributed by atoms with Crippen LogP contribution in [0.1, 0.15) is 10.4 Å². The van der Waals surface area contributed by atoms with Crippen LogP contribution in [0.2, 0.25) is 0 Å². The Morgan fingerprint density at radius 1 is 1.47 bits per heavy atom. The maximum absolute atomic E-state index is 13.0. The van der Waals surface area contributed by atoms with Crippen molar-refractivity contribution in [3.63, 3.8) is 0 Å². The van der Waals surface area contributed by atoms with Gasteiger partial charge in [0.1, 0.15) is 5.75 Å². The van der Waals surface area contributed by atoms with Crippen LogP contribution in [0.3, 0.4) is 0 Å². The van der Waals surface area contributed by atoms with E-state index in [1.165, 1.54) is 0 Å². The third kappa shape index (κ3) is 2.55. The van der Waals surface area contributed by atoms with E-state index in [1.54, 1.807) is 0 Å². The summed E-state index contributed by atoms with van der Waals surface area (Å²) < 4.78 is 51.2. The highest BCUT2D eigenvalue weighted by atomic mass is 19.4. The molecule has 0 aliphatic carbocycles. The van der Waals surface area contributed by atoms with Gasteiger partial charge in [0, 0.05) is 0 Å². The van der Waals surface area contributed by atoms with E-state index >= 15 is 0 Å². The summed E-state index contributed by atoms with van der Waals surface area (Å²) >= 11 is 0. The number of ether oxygens (including phenoxy) is 1. The fourth-order valence-corrected chi connectivity index (χ4v) is 0.767. The highest BCUT2D eigenvalue weighted by Crippen LogP contribution is 2.28. The van der Waals surface area contributed by atoms with Crippen molar-refractivity contribution >= 4 is 6.29 Å². The van der Waals surface area contributed by atoms with Crippen molar-refractivity contribution in [2.45, 2.75) is 6.36 Å². The van der Waals surface area contributed by atoms with Crippen molar-refractivity contribution in [1.82, 2.24) is 4.98 Å². The Morgan fingerprint density at radius 3 is 2.53 bits per heavy atom. The van der Waals surface area contributed by atoms with Crippen molar-refractivity contribution in [1.29, 1.82) is 0 Å². The van der Waals surface area contributed by atoms with Gasteiger partial charge >= 0.3 is 6.36 Å². The van der Waals surface area contributed by atoms with Gasteiger partial charge in [-0.05, 0) is 0 Å². The minimum atomic E-state index is -5.12. The Labute approximate surface area is 80.1 Å². The van der Waals surface area contributed by atoms with Crippen LogP contribution < -0.4 is 4.74 Å². The summed E-state index contributed by atoms with van der Waals surface area (Å²) in [7, 11) is 0. The van der Waals surface area contributed by atoms with Crippen LogP contribution in [0.15, 0.2) is 6.20 Å². The van der Waals surface area contributed by atoms with Crippen LogP contribution in [0, 0.1) is 5.82 Å². The lowest BCUT2D eigenvalue weighted by molar-refractivity contribution is -0.277. The number of rotatable bonds is 2. The topological polar surface area (TPSA) is 59.4 Å². The summed E-state index contributed by atoms with van der Waals surface area (Å²) in [6, 6.07) is 0. The maximum atomic E-state index is 13.0. The van der Waals surface area contributed by atoms with E-state index in [4.69, 9.17) is 5.11 Å². The molecule has 1 aromatic rings. The number of carbonyl (C=O) groups is 1. The van der Waals surface area contributed by atoms with Crippen molar-refractivity contribution in [3.8, 4) is 11.6 Å². The normalized spacial score (nSPS) is 11.2. The van der Waals surface area contributed by atoms with E-state index in [9.17, 15) is 22.4 Å². The number of halogens is 4. The molecule has 0 aliphatic rings. The zero-order valence-corrected chi connectivity index (χ0v) is 6.88. The molecule has 8 heteroatoms. The molecule has 1 N–H and O–H groups in total. The molecule has 1 heterocycles. The summed E-state index contributed by atoms with van der Waals surface area (Å²) in [5, 5.41) is 8.84. The smallest absolute Gasteiger partial charge is 0.505 e. The summed E-state index contributed by atoms with van der Waals surface area (Å²) in [4.78, 5) is 13.0. The van der Waals surface area contributed by atoms with E-state index in [0.29, 0.717) is 6.20 Å². The molecule has 0 aromatic carbocycles. The molecule has 15 heavy (non-hydrogen) atoms. The number of hydrogen-bond donors (Lipinski definition) is 1. The second-order valence-electron chi connectivity index (χ2n) is 2.34. The first-order chi connectivity index (χ1) is 6.85. The molecule has 0 saturated carbocycles. The highest BCUT2D eigenvalue weighted by molar-refractivity contribution is 5.79. The van der Waals surface area contributed by atoms with Gasteiger partial charge in [-0.25, -0.2) is 9.37 Å². The zero-order chi connectivity index (χ0) is 11.6. The number of aldehydes is 1. The molecular formula is C7H3F4NO3. The van der Waals surface area contributed by atoms with Gasteiger partial charge in [-0.15, -0.1) is 13.2 Å². The number of alkyl halides is 3. The third-order valence-corrected chi connectivity index (χ3v) is 1.33. The number of carbonyl (C=O) groups excluding carboxylic acids is 1. The minimum Gasteiger partial charge on any atom is -0.505 e. The van der Waals surface area contributed by atoms with Gasteiger partial charge in [0.25, 0.3) is 5.88 Å². The van der Waals surface area contributed by atoms with Crippen molar-refractivity contribution in [2.75, 3.05) is 0 Å². The lowest BCUT2D eigenvalue weighted by Gasteiger charge is -2.09. The summed E-state index contributed by atoms with van der Waals surface area (Å²) in [6.45, 7) is 0. The Kier molecular flexibility index (Phi) is 2.78. The third-order valence-electron chi connectivity index (χ3n) is 1.33. The summed E-state index contributed by atoms with van der Waals surface area (Å²) in [5.41, 5.74) is -0.941. The lowest BCUT2D eigenvalue weighted by Crippen LogP contribution is -2.19. The molecule has 82 valence electrons. The molecule has 0 radical (unpaired) electrons. The number of hydrogen-bond acceptors (Lipinski definition) is 4. The maximum Gasteiger partial charge on any atom is 0.574 e.